The van der Waals surface area contributed by atoms with Gasteiger partial charge in [0.2, 0.25) is 0 Å². The molecule has 0 aromatic heterocycles. The van der Waals surface area contributed by atoms with Crippen molar-refractivity contribution in [3.8, 4) is 0 Å². The lowest BCUT2D eigenvalue weighted by atomic mass is 10.1. The number of nitrogens with zero attached hydrogens (tertiary/aromatic N) is 1. The largest absolute Gasteiger partial charge is 0.481 e. The summed E-state index contributed by atoms with van der Waals surface area (Å²) >= 11 is 0. The van der Waals surface area contributed by atoms with Gasteiger partial charge in [-0.25, -0.2) is 4.79 Å². The van der Waals surface area contributed by atoms with Crippen LogP contribution in [0.5, 0.6) is 0 Å². The van der Waals surface area contributed by atoms with E-state index in [2.05, 4.69) is 5.32 Å². The maximum atomic E-state index is 11.5. The van der Waals surface area contributed by atoms with Gasteiger partial charge in [-0.15, -0.1) is 0 Å². The third-order valence-corrected chi connectivity index (χ3v) is 3.25. The maximum Gasteiger partial charge on any atom is 0.317 e. The minimum absolute atomic E-state index is 0.0303. The van der Waals surface area contributed by atoms with Crippen LogP contribution in [0, 0.1) is 5.92 Å². The van der Waals surface area contributed by atoms with E-state index in [0.717, 1.165) is 25.9 Å². The summed E-state index contributed by atoms with van der Waals surface area (Å²) in [5, 5.41) is 11.7. The smallest absolute Gasteiger partial charge is 0.317 e. The zero-order valence-corrected chi connectivity index (χ0v) is 8.61. The van der Waals surface area contributed by atoms with Gasteiger partial charge < -0.3 is 15.3 Å². The van der Waals surface area contributed by atoms with Crippen molar-refractivity contribution in [1.82, 2.24) is 10.2 Å². The van der Waals surface area contributed by atoms with E-state index in [-0.39, 0.29) is 18.0 Å². The molecule has 84 valence electrons. The number of carbonyl (C=O) groups is 2. The van der Waals surface area contributed by atoms with E-state index in [1.165, 1.54) is 0 Å². The number of carboxylic acids is 1. The van der Waals surface area contributed by atoms with Gasteiger partial charge in [-0.3, -0.25) is 4.79 Å². The first-order valence-electron chi connectivity index (χ1n) is 5.45. The number of nitrogens with one attached hydrogen (secondary N) is 1. The zero-order valence-electron chi connectivity index (χ0n) is 8.61. The van der Waals surface area contributed by atoms with Crippen LogP contribution in [0.3, 0.4) is 0 Å². The predicted octanol–water partition coefficient (Wildman–Crippen LogP) is 0.655. The lowest BCUT2D eigenvalue weighted by Gasteiger charge is -2.32. The van der Waals surface area contributed by atoms with Crippen LogP contribution in [0.25, 0.3) is 0 Å². The molecule has 15 heavy (non-hydrogen) atoms. The minimum atomic E-state index is -0.740. The van der Waals surface area contributed by atoms with Crippen LogP contribution >= 0.6 is 0 Å². The molecule has 0 aromatic carbocycles. The molecule has 0 radical (unpaired) electrons. The molecule has 5 heteroatoms. The summed E-state index contributed by atoms with van der Waals surface area (Å²) in [6.07, 6.45) is 3.13. The highest BCUT2D eigenvalue weighted by molar-refractivity contribution is 5.75. The maximum absolute atomic E-state index is 11.5. The summed E-state index contributed by atoms with van der Waals surface area (Å²) in [5.41, 5.74) is 0. The summed E-state index contributed by atoms with van der Waals surface area (Å²) in [7, 11) is 0. The monoisotopic (exact) mass is 212 g/mol. The molecule has 2 rings (SSSR count). The Hall–Kier alpha value is -1.26. The Balaban J connectivity index is 1.76. The van der Waals surface area contributed by atoms with Gasteiger partial charge >= 0.3 is 12.0 Å². The highest BCUT2D eigenvalue weighted by Crippen LogP contribution is 2.25. The molecule has 2 fully saturated rings. The van der Waals surface area contributed by atoms with Crippen LogP contribution in [0.15, 0.2) is 0 Å². The number of rotatable bonds is 2. The van der Waals surface area contributed by atoms with Crippen molar-refractivity contribution in [3.63, 3.8) is 0 Å². The normalized spacial score (nSPS) is 29.7. The Morgan fingerprint density at radius 3 is 2.47 bits per heavy atom. The highest BCUT2D eigenvalue weighted by Gasteiger charge is 2.32. The number of carbonyl (C=O) groups excluding carboxylic acids is 1. The molecule has 5 nitrogen and oxygen atoms in total. The second kappa shape index (κ2) is 4.08. The molecule has 1 saturated carbocycles. The molecule has 2 amide bonds. The molecular formula is C10H16N2O3. The average molecular weight is 212 g/mol. The summed E-state index contributed by atoms with van der Waals surface area (Å²) in [5.74, 6) is -1.01. The molecule has 0 spiro atoms. The molecule has 1 saturated heterocycles. The molecule has 1 aliphatic carbocycles. The molecule has 1 aliphatic heterocycles. The van der Waals surface area contributed by atoms with Gasteiger partial charge in [0.1, 0.15) is 0 Å². The molecule has 2 aliphatic rings. The number of urea groups is 1. The van der Waals surface area contributed by atoms with E-state index in [1.807, 2.05) is 0 Å². The quantitative estimate of drug-likeness (QED) is 0.706. The lowest BCUT2D eigenvalue weighted by Crippen LogP contribution is -2.50. The van der Waals surface area contributed by atoms with Crippen molar-refractivity contribution in [2.24, 2.45) is 5.92 Å². The number of likely N-dealkylation sites (tertiary alicyclic amines) is 1. The molecule has 0 unspecified atom stereocenters. The first-order valence-corrected chi connectivity index (χ1v) is 5.45. The Bertz CT molecular complexity index is 276. The molecule has 2 atom stereocenters. The van der Waals surface area contributed by atoms with Crippen molar-refractivity contribution in [2.75, 3.05) is 13.1 Å². The van der Waals surface area contributed by atoms with E-state index >= 15 is 0 Å². The van der Waals surface area contributed by atoms with Crippen LogP contribution in [0.2, 0.25) is 0 Å². The van der Waals surface area contributed by atoms with E-state index in [0.29, 0.717) is 12.8 Å². The Kier molecular flexibility index (Phi) is 2.79. The van der Waals surface area contributed by atoms with E-state index in [1.54, 1.807) is 4.90 Å². The van der Waals surface area contributed by atoms with Gasteiger partial charge in [0.15, 0.2) is 0 Å². The van der Waals surface area contributed by atoms with E-state index in [4.69, 9.17) is 5.11 Å². The number of hydrogen-bond acceptors (Lipinski definition) is 2. The predicted molar refractivity (Wildman–Crippen MR) is 53.5 cm³/mol. The number of amides is 2. The summed E-state index contributed by atoms with van der Waals surface area (Å²) in [6.45, 7) is 1.67. The zero-order chi connectivity index (χ0) is 10.8. The third-order valence-electron chi connectivity index (χ3n) is 3.25. The topological polar surface area (TPSA) is 69.6 Å². The van der Waals surface area contributed by atoms with Gasteiger partial charge in [0.05, 0.1) is 5.92 Å². The van der Waals surface area contributed by atoms with Crippen LogP contribution in [-0.2, 0) is 4.79 Å². The van der Waals surface area contributed by atoms with Gasteiger partial charge in [-0.1, -0.05) is 0 Å². The molecule has 0 bridgehead atoms. The minimum Gasteiger partial charge on any atom is -0.481 e. The standard InChI is InChI=1S/C10H16N2O3/c13-9(14)7-2-3-8(6-7)11-10(15)12-4-1-5-12/h7-8H,1-6H2,(H,11,15)(H,13,14)/t7-,8+/m1/s1. The van der Waals surface area contributed by atoms with E-state index < -0.39 is 5.97 Å². The average Bonchev–Trinajstić information content (AvgIpc) is 2.48. The van der Waals surface area contributed by atoms with Crippen molar-refractivity contribution >= 4 is 12.0 Å². The van der Waals surface area contributed by atoms with Crippen LogP contribution in [-0.4, -0.2) is 41.1 Å². The second-order valence-electron chi connectivity index (χ2n) is 4.34. The summed E-state index contributed by atoms with van der Waals surface area (Å²) in [6, 6.07) is 0.0245. The number of aliphatic carboxylic acids is 1. The highest BCUT2D eigenvalue weighted by atomic mass is 16.4. The van der Waals surface area contributed by atoms with E-state index in [9.17, 15) is 9.59 Å². The van der Waals surface area contributed by atoms with Gasteiger partial charge in [0, 0.05) is 19.1 Å². The first-order chi connectivity index (χ1) is 7.16. The van der Waals surface area contributed by atoms with Crippen LogP contribution in [0.1, 0.15) is 25.7 Å². The van der Waals surface area contributed by atoms with Gasteiger partial charge in [0.25, 0.3) is 0 Å². The van der Waals surface area contributed by atoms with Crippen molar-refractivity contribution in [2.45, 2.75) is 31.7 Å². The fourth-order valence-corrected chi connectivity index (χ4v) is 2.12. The van der Waals surface area contributed by atoms with Crippen LogP contribution < -0.4 is 5.32 Å². The van der Waals surface area contributed by atoms with Crippen LogP contribution in [0.4, 0.5) is 4.79 Å². The molecule has 0 aromatic rings. The van der Waals surface area contributed by atoms with Gasteiger partial charge in [-0.2, -0.15) is 0 Å². The Labute approximate surface area is 88.4 Å². The van der Waals surface area contributed by atoms with Crippen molar-refractivity contribution < 1.29 is 14.7 Å². The fraction of sp³-hybridized carbons (Fsp3) is 0.800. The molecule has 1 heterocycles. The lowest BCUT2D eigenvalue weighted by molar-refractivity contribution is -0.141. The Morgan fingerprint density at radius 1 is 1.27 bits per heavy atom. The summed E-state index contributed by atoms with van der Waals surface area (Å²) < 4.78 is 0. The third kappa shape index (κ3) is 2.22. The van der Waals surface area contributed by atoms with Crippen molar-refractivity contribution in [3.05, 3.63) is 0 Å². The first kappa shape index (κ1) is 10.3. The molecular weight excluding hydrogens is 196 g/mol. The molecule has 2 N–H and O–H groups in total. The summed E-state index contributed by atoms with van der Waals surface area (Å²) in [4.78, 5) is 24.0. The second-order valence-corrected chi connectivity index (χ2v) is 4.34. The van der Waals surface area contributed by atoms with Gasteiger partial charge in [-0.05, 0) is 25.7 Å². The Morgan fingerprint density at radius 2 is 2.00 bits per heavy atom. The SMILES string of the molecule is O=C(O)[C@@H]1CC[C@H](NC(=O)N2CCC2)C1. The fourth-order valence-electron chi connectivity index (χ4n) is 2.12. The number of carboxylic acid groups (broad SMARTS) is 1. The number of hydrogen-bond donors (Lipinski definition) is 2. The van der Waals surface area contributed by atoms with Crippen molar-refractivity contribution in [1.29, 1.82) is 0 Å².